The summed E-state index contributed by atoms with van der Waals surface area (Å²) in [5, 5.41) is 0. The Hall–Kier alpha value is 0.907. The third-order valence-electron chi connectivity index (χ3n) is 1.29. The third kappa shape index (κ3) is 6.80. The molecule has 56 valence electrons. The maximum Gasteiger partial charge on any atom is 0.147 e. The van der Waals surface area contributed by atoms with Crippen molar-refractivity contribution in [2.75, 3.05) is 0 Å². The van der Waals surface area contributed by atoms with E-state index in [1.165, 1.54) is 25.7 Å². The zero-order chi connectivity index (χ0) is 7.11. The molecular formula is C6H15IOSi. The largest absolute Gasteiger partial charge is 0.416 e. The van der Waals surface area contributed by atoms with Crippen LogP contribution in [0.15, 0.2) is 0 Å². The number of halogens is 1. The van der Waals surface area contributed by atoms with Crippen molar-refractivity contribution < 1.29 is 4.43 Å². The molecule has 0 aromatic carbocycles. The first-order valence-corrected chi connectivity index (χ1v) is 5.54. The second kappa shape index (κ2) is 7.02. The molecule has 1 unspecified atom stereocenters. The average molecular weight is 258 g/mol. The van der Waals surface area contributed by atoms with E-state index in [-0.39, 0.29) is 0 Å². The molecule has 0 bridgehead atoms. The minimum absolute atomic E-state index is 0.487. The van der Waals surface area contributed by atoms with Gasteiger partial charge in [0.1, 0.15) is 10.5 Å². The van der Waals surface area contributed by atoms with Crippen molar-refractivity contribution in [1.29, 1.82) is 0 Å². The van der Waals surface area contributed by atoms with E-state index in [4.69, 9.17) is 4.43 Å². The zero-order valence-electron chi connectivity index (χ0n) is 6.19. The predicted molar refractivity (Wildman–Crippen MR) is 53.0 cm³/mol. The van der Waals surface area contributed by atoms with Gasteiger partial charge in [0.25, 0.3) is 0 Å². The van der Waals surface area contributed by atoms with Crippen molar-refractivity contribution in [3.63, 3.8) is 0 Å². The van der Waals surface area contributed by atoms with Gasteiger partial charge in [-0.25, -0.2) is 0 Å². The Labute approximate surface area is 74.2 Å². The molecule has 0 aromatic rings. The van der Waals surface area contributed by atoms with Gasteiger partial charge in [-0.3, -0.25) is 0 Å². The first-order valence-electron chi connectivity index (χ1n) is 3.48. The lowest BCUT2D eigenvalue weighted by atomic mass is 10.2. The highest BCUT2D eigenvalue weighted by molar-refractivity contribution is 14.1. The van der Waals surface area contributed by atoms with E-state index in [1.807, 2.05) is 0 Å². The molecule has 0 spiro atoms. The minimum atomic E-state index is 0.487. The summed E-state index contributed by atoms with van der Waals surface area (Å²) in [6.45, 7) is 2.23. The Morgan fingerprint density at radius 3 is 2.67 bits per heavy atom. The first kappa shape index (κ1) is 9.91. The highest BCUT2D eigenvalue weighted by Gasteiger charge is 1.97. The number of rotatable bonds is 5. The van der Waals surface area contributed by atoms with E-state index in [0.29, 0.717) is 4.11 Å². The van der Waals surface area contributed by atoms with Crippen LogP contribution in [0.1, 0.15) is 32.6 Å². The monoisotopic (exact) mass is 258 g/mol. The Bertz CT molecular complexity index is 61.0. The van der Waals surface area contributed by atoms with Crippen LogP contribution in [-0.4, -0.2) is 14.6 Å². The molecule has 9 heavy (non-hydrogen) atoms. The van der Waals surface area contributed by atoms with Gasteiger partial charge in [-0.1, -0.05) is 48.8 Å². The van der Waals surface area contributed by atoms with Gasteiger partial charge < -0.3 is 4.43 Å². The Morgan fingerprint density at radius 2 is 2.22 bits per heavy atom. The van der Waals surface area contributed by atoms with E-state index in [1.54, 1.807) is 0 Å². The second-order valence-corrected chi connectivity index (χ2v) is 4.00. The molecule has 0 aliphatic rings. The lowest BCUT2D eigenvalue weighted by Crippen LogP contribution is -2.00. The molecule has 0 aliphatic heterocycles. The van der Waals surface area contributed by atoms with Crippen LogP contribution < -0.4 is 0 Å². The number of unbranched alkanes of at least 4 members (excludes halogenated alkanes) is 2. The summed E-state index contributed by atoms with van der Waals surface area (Å²) in [5.74, 6) is 0. The van der Waals surface area contributed by atoms with Gasteiger partial charge in [0, 0.05) is 0 Å². The van der Waals surface area contributed by atoms with Crippen molar-refractivity contribution in [2.24, 2.45) is 0 Å². The normalized spacial score (nSPS) is 14.0. The van der Waals surface area contributed by atoms with E-state index in [9.17, 15) is 0 Å². The van der Waals surface area contributed by atoms with Crippen LogP contribution in [0, 0.1) is 0 Å². The van der Waals surface area contributed by atoms with Gasteiger partial charge in [-0.05, 0) is 6.42 Å². The molecule has 1 atom stereocenters. The van der Waals surface area contributed by atoms with Crippen molar-refractivity contribution in [3.05, 3.63) is 0 Å². The standard InChI is InChI=1S/C6H15IOSi/c1-2-3-4-5-6(7)8-9/h6H,2-5H2,1,9H3. The lowest BCUT2D eigenvalue weighted by molar-refractivity contribution is 0.314. The molecule has 0 fully saturated rings. The fraction of sp³-hybridized carbons (Fsp3) is 1.00. The van der Waals surface area contributed by atoms with Gasteiger partial charge in [-0.15, -0.1) is 0 Å². The van der Waals surface area contributed by atoms with E-state index in [2.05, 4.69) is 29.5 Å². The second-order valence-electron chi connectivity index (χ2n) is 2.14. The molecule has 0 amide bonds. The van der Waals surface area contributed by atoms with Gasteiger partial charge in [0.2, 0.25) is 0 Å². The van der Waals surface area contributed by atoms with Crippen molar-refractivity contribution >= 4 is 33.1 Å². The van der Waals surface area contributed by atoms with Crippen LogP contribution >= 0.6 is 22.6 Å². The summed E-state index contributed by atoms with van der Waals surface area (Å²) in [6, 6.07) is 0. The van der Waals surface area contributed by atoms with Crippen LogP contribution in [0.4, 0.5) is 0 Å². The van der Waals surface area contributed by atoms with Gasteiger partial charge in [-0.2, -0.15) is 0 Å². The third-order valence-corrected chi connectivity index (χ3v) is 3.95. The minimum Gasteiger partial charge on any atom is -0.416 e. The summed E-state index contributed by atoms with van der Waals surface area (Å²) in [5.41, 5.74) is 0. The number of hydrogen-bond acceptors (Lipinski definition) is 1. The molecule has 0 saturated carbocycles. The molecule has 0 saturated heterocycles. The maximum absolute atomic E-state index is 5.22. The molecule has 0 aliphatic carbocycles. The van der Waals surface area contributed by atoms with Crippen LogP contribution in [0.3, 0.4) is 0 Å². The summed E-state index contributed by atoms with van der Waals surface area (Å²) in [7, 11) is 0.884. The van der Waals surface area contributed by atoms with E-state index < -0.39 is 0 Å². The van der Waals surface area contributed by atoms with E-state index >= 15 is 0 Å². The molecule has 1 nitrogen and oxygen atoms in total. The Balaban J connectivity index is 2.88. The van der Waals surface area contributed by atoms with Gasteiger partial charge in [0.15, 0.2) is 0 Å². The van der Waals surface area contributed by atoms with Crippen LogP contribution in [0.2, 0.25) is 0 Å². The molecule has 0 N–H and O–H groups in total. The van der Waals surface area contributed by atoms with Crippen molar-refractivity contribution in [3.8, 4) is 0 Å². The molecular weight excluding hydrogens is 243 g/mol. The smallest absolute Gasteiger partial charge is 0.147 e. The van der Waals surface area contributed by atoms with Gasteiger partial charge in [0.05, 0.1) is 4.11 Å². The molecule has 0 rings (SSSR count). The predicted octanol–water partition coefficient (Wildman–Crippen LogP) is 1.62. The Kier molecular flexibility index (Phi) is 7.73. The SMILES string of the molecule is CCCCCC(I)O[SiH3]. The Morgan fingerprint density at radius 1 is 1.56 bits per heavy atom. The van der Waals surface area contributed by atoms with E-state index in [0.717, 1.165) is 10.5 Å². The molecule has 0 heterocycles. The fourth-order valence-electron chi connectivity index (χ4n) is 0.673. The van der Waals surface area contributed by atoms with Gasteiger partial charge >= 0.3 is 0 Å². The number of hydrogen-bond donors (Lipinski definition) is 0. The fourth-order valence-corrected chi connectivity index (χ4v) is 1.35. The topological polar surface area (TPSA) is 9.23 Å². The summed E-state index contributed by atoms with van der Waals surface area (Å²) < 4.78 is 5.71. The quantitative estimate of drug-likeness (QED) is 0.315. The summed E-state index contributed by atoms with van der Waals surface area (Å²) in [6.07, 6.45) is 5.22. The van der Waals surface area contributed by atoms with Crippen LogP contribution in [0.5, 0.6) is 0 Å². The molecule has 0 radical (unpaired) electrons. The summed E-state index contributed by atoms with van der Waals surface area (Å²) >= 11 is 2.36. The maximum atomic E-state index is 5.22. The lowest BCUT2D eigenvalue weighted by Gasteiger charge is -2.05. The molecule has 0 aromatic heterocycles. The highest BCUT2D eigenvalue weighted by atomic mass is 127. The van der Waals surface area contributed by atoms with Crippen LogP contribution in [-0.2, 0) is 4.43 Å². The van der Waals surface area contributed by atoms with Crippen LogP contribution in [0.25, 0.3) is 0 Å². The van der Waals surface area contributed by atoms with Crippen molar-refractivity contribution in [1.82, 2.24) is 0 Å². The highest BCUT2D eigenvalue weighted by Crippen LogP contribution is 2.10. The number of alkyl halides is 1. The van der Waals surface area contributed by atoms with Crippen molar-refractivity contribution in [2.45, 2.75) is 36.7 Å². The summed E-state index contributed by atoms with van der Waals surface area (Å²) in [4.78, 5) is 0. The zero-order valence-corrected chi connectivity index (χ0v) is 10.3. The first-order chi connectivity index (χ1) is 4.31. The average Bonchev–Trinajstić information content (AvgIpc) is 1.89. The molecule has 3 heteroatoms.